The summed E-state index contributed by atoms with van der Waals surface area (Å²) in [5.74, 6) is 0. The van der Waals surface area contributed by atoms with Crippen LogP contribution in [0.2, 0.25) is 0 Å². The van der Waals surface area contributed by atoms with E-state index >= 15 is 0 Å². The first-order valence-corrected chi connectivity index (χ1v) is 5.78. The number of benzene rings is 2. The number of aliphatic hydroxyl groups is 1. The first-order chi connectivity index (χ1) is 8.36. The Morgan fingerprint density at radius 1 is 1.00 bits per heavy atom. The summed E-state index contributed by atoms with van der Waals surface area (Å²) < 4.78 is 5.69. The van der Waals surface area contributed by atoms with Gasteiger partial charge in [-0.1, -0.05) is 54.6 Å². The van der Waals surface area contributed by atoms with E-state index in [1.54, 1.807) is 0 Å². The Morgan fingerprint density at radius 3 is 2.53 bits per heavy atom. The minimum atomic E-state index is -0.597. The molecule has 0 saturated heterocycles. The standard InChI is InChI=1S/C15H14O2/c16-14(11-6-2-1-3-7-11)15-13-9-5-4-8-12(13)10-17-15/h1-9,14-16H,10H2. The highest BCUT2D eigenvalue weighted by atomic mass is 16.5. The zero-order valence-corrected chi connectivity index (χ0v) is 9.41. The summed E-state index contributed by atoms with van der Waals surface area (Å²) in [6.07, 6.45) is -0.839. The smallest absolute Gasteiger partial charge is 0.113 e. The molecule has 1 N–H and O–H groups in total. The summed E-state index contributed by atoms with van der Waals surface area (Å²) >= 11 is 0. The molecule has 0 saturated carbocycles. The van der Waals surface area contributed by atoms with Gasteiger partial charge in [0.25, 0.3) is 0 Å². The van der Waals surface area contributed by atoms with Crippen molar-refractivity contribution in [2.45, 2.75) is 18.8 Å². The van der Waals surface area contributed by atoms with Crippen LogP contribution >= 0.6 is 0 Å². The molecular weight excluding hydrogens is 212 g/mol. The van der Waals surface area contributed by atoms with Crippen molar-refractivity contribution >= 4 is 0 Å². The summed E-state index contributed by atoms with van der Waals surface area (Å²) in [5.41, 5.74) is 3.17. The average molecular weight is 226 g/mol. The van der Waals surface area contributed by atoms with Gasteiger partial charge >= 0.3 is 0 Å². The molecule has 0 bridgehead atoms. The fraction of sp³-hybridized carbons (Fsp3) is 0.200. The molecular formula is C15H14O2. The molecule has 2 nitrogen and oxygen atoms in total. The van der Waals surface area contributed by atoms with E-state index in [1.165, 1.54) is 5.56 Å². The summed E-state index contributed by atoms with van der Waals surface area (Å²) in [6.45, 7) is 0.588. The molecule has 0 amide bonds. The Kier molecular flexibility index (Phi) is 2.67. The van der Waals surface area contributed by atoms with E-state index in [0.29, 0.717) is 6.61 Å². The highest BCUT2D eigenvalue weighted by Gasteiger charge is 2.29. The molecule has 2 heteroatoms. The molecule has 0 fully saturated rings. The first-order valence-electron chi connectivity index (χ1n) is 5.78. The van der Waals surface area contributed by atoms with Crippen LogP contribution in [0.3, 0.4) is 0 Å². The number of hydrogen-bond acceptors (Lipinski definition) is 2. The molecule has 17 heavy (non-hydrogen) atoms. The molecule has 2 atom stereocenters. The summed E-state index contributed by atoms with van der Waals surface area (Å²) in [5, 5.41) is 10.3. The maximum Gasteiger partial charge on any atom is 0.113 e. The third-order valence-corrected chi connectivity index (χ3v) is 3.21. The molecule has 0 spiro atoms. The highest BCUT2D eigenvalue weighted by molar-refractivity contribution is 5.34. The van der Waals surface area contributed by atoms with Gasteiger partial charge in [-0.15, -0.1) is 0 Å². The SMILES string of the molecule is OC(c1ccccc1)C1OCc2ccccc21. The van der Waals surface area contributed by atoms with Crippen molar-refractivity contribution < 1.29 is 9.84 Å². The number of ether oxygens (including phenoxy) is 1. The molecule has 0 aliphatic carbocycles. The van der Waals surface area contributed by atoms with Gasteiger partial charge in [-0.05, 0) is 16.7 Å². The van der Waals surface area contributed by atoms with Gasteiger partial charge in [-0.25, -0.2) is 0 Å². The largest absolute Gasteiger partial charge is 0.385 e. The van der Waals surface area contributed by atoms with Crippen LogP contribution in [0.4, 0.5) is 0 Å². The van der Waals surface area contributed by atoms with Gasteiger partial charge in [0, 0.05) is 0 Å². The van der Waals surface area contributed by atoms with Crippen LogP contribution in [-0.4, -0.2) is 5.11 Å². The molecule has 86 valence electrons. The van der Waals surface area contributed by atoms with E-state index in [1.807, 2.05) is 54.6 Å². The third-order valence-electron chi connectivity index (χ3n) is 3.21. The molecule has 1 heterocycles. The summed E-state index contributed by atoms with van der Waals surface area (Å²) in [4.78, 5) is 0. The molecule has 0 aromatic heterocycles. The van der Waals surface area contributed by atoms with Crippen LogP contribution in [0.15, 0.2) is 54.6 Å². The van der Waals surface area contributed by atoms with Crippen molar-refractivity contribution in [2.24, 2.45) is 0 Å². The molecule has 1 aliphatic rings. The number of fused-ring (bicyclic) bond motifs is 1. The van der Waals surface area contributed by atoms with Crippen molar-refractivity contribution in [1.82, 2.24) is 0 Å². The Morgan fingerprint density at radius 2 is 1.71 bits per heavy atom. The minimum Gasteiger partial charge on any atom is -0.385 e. The number of rotatable bonds is 2. The summed E-state index contributed by atoms with van der Waals surface area (Å²) in [6, 6.07) is 17.7. The van der Waals surface area contributed by atoms with E-state index in [2.05, 4.69) is 0 Å². The molecule has 3 rings (SSSR count). The lowest BCUT2D eigenvalue weighted by Crippen LogP contribution is -2.09. The molecule has 2 aromatic rings. The molecule has 0 radical (unpaired) electrons. The van der Waals surface area contributed by atoms with Gasteiger partial charge < -0.3 is 9.84 Å². The third kappa shape index (κ3) is 1.86. The maximum absolute atomic E-state index is 10.3. The van der Waals surface area contributed by atoms with Crippen LogP contribution in [0.5, 0.6) is 0 Å². The lowest BCUT2D eigenvalue weighted by molar-refractivity contribution is -0.0314. The van der Waals surface area contributed by atoms with Crippen LogP contribution in [0.25, 0.3) is 0 Å². The van der Waals surface area contributed by atoms with Gasteiger partial charge in [0.1, 0.15) is 12.2 Å². The van der Waals surface area contributed by atoms with Crippen molar-refractivity contribution in [3.8, 4) is 0 Å². The van der Waals surface area contributed by atoms with Gasteiger partial charge in [0.2, 0.25) is 0 Å². The van der Waals surface area contributed by atoms with Gasteiger partial charge in [0.15, 0.2) is 0 Å². The van der Waals surface area contributed by atoms with Gasteiger partial charge in [-0.3, -0.25) is 0 Å². The van der Waals surface area contributed by atoms with Crippen LogP contribution in [0.1, 0.15) is 28.9 Å². The first kappa shape index (κ1) is 10.5. The average Bonchev–Trinajstić information content (AvgIpc) is 2.83. The van der Waals surface area contributed by atoms with E-state index in [9.17, 15) is 5.11 Å². The van der Waals surface area contributed by atoms with Gasteiger partial charge in [-0.2, -0.15) is 0 Å². The lowest BCUT2D eigenvalue weighted by Gasteiger charge is -2.18. The van der Waals surface area contributed by atoms with E-state index < -0.39 is 6.10 Å². The second-order valence-corrected chi connectivity index (χ2v) is 4.29. The summed E-state index contributed by atoms with van der Waals surface area (Å²) in [7, 11) is 0. The Hall–Kier alpha value is -1.64. The maximum atomic E-state index is 10.3. The van der Waals surface area contributed by atoms with Gasteiger partial charge in [0.05, 0.1) is 6.61 Å². The Labute approximate surface area is 100 Å². The Bertz CT molecular complexity index is 507. The zero-order chi connectivity index (χ0) is 11.7. The zero-order valence-electron chi connectivity index (χ0n) is 9.41. The van der Waals surface area contributed by atoms with Crippen molar-refractivity contribution in [3.05, 3.63) is 71.3 Å². The van der Waals surface area contributed by atoms with E-state index in [-0.39, 0.29) is 6.10 Å². The van der Waals surface area contributed by atoms with Crippen molar-refractivity contribution in [1.29, 1.82) is 0 Å². The Balaban J connectivity index is 1.92. The number of hydrogen-bond donors (Lipinski definition) is 1. The van der Waals surface area contributed by atoms with E-state index in [4.69, 9.17) is 4.74 Å². The minimum absolute atomic E-state index is 0.242. The highest BCUT2D eigenvalue weighted by Crippen LogP contribution is 2.39. The fourth-order valence-corrected chi connectivity index (χ4v) is 2.30. The molecule has 2 aromatic carbocycles. The second-order valence-electron chi connectivity index (χ2n) is 4.29. The molecule has 1 aliphatic heterocycles. The fourth-order valence-electron chi connectivity index (χ4n) is 2.30. The lowest BCUT2D eigenvalue weighted by atomic mass is 9.97. The predicted molar refractivity (Wildman–Crippen MR) is 65.4 cm³/mol. The normalized spacial score (nSPS) is 19.9. The van der Waals surface area contributed by atoms with Crippen molar-refractivity contribution in [2.75, 3.05) is 0 Å². The van der Waals surface area contributed by atoms with Crippen LogP contribution < -0.4 is 0 Å². The topological polar surface area (TPSA) is 29.5 Å². The number of aliphatic hydroxyl groups excluding tert-OH is 1. The van der Waals surface area contributed by atoms with Crippen LogP contribution in [-0.2, 0) is 11.3 Å². The predicted octanol–water partition coefficient (Wildman–Crippen LogP) is 2.99. The van der Waals surface area contributed by atoms with Crippen LogP contribution in [0, 0.1) is 0 Å². The molecule has 2 unspecified atom stereocenters. The quantitative estimate of drug-likeness (QED) is 0.853. The monoisotopic (exact) mass is 226 g/mol. The van der Waals surface area contributed by atoms with Crippen molar-refractivity contribution in [3.63, 3.8) is 0 Å². The van der Waals surface area contributed by atoms with E-state index in [0.717, 1.165) is 11.1 Å². The second kappa shape index (κ2) is 4.32.